The number of halogens is 1. The first kappa shape index (κ1) is 17.0. The van der Waals surface area contributed by atoms with Gasteiger partial charge in [-0.2, -0.15) is 0 Å². The van der Waals surface area contributed by atoms with Gasteiger partial charge < -0.3 is 5.32 Å². The molecule has 134 valence electrons. The average Bonchev–Trinajstić information content (AvgIpc) is 3.30. The number of rotatable bonds is 5. The third-order valence-electron chi connectivity index (χ3n) is 4.03. The number of hydrogen-bond acceptors (Lipinski definition) is 4. The van der Waals surface area contributed by atoms with E-state index in [1.165, 1.54) is 18.2 Å². The number of thiophene rings is 1. The molecule has 26 heavy (non-hydrogen) atoms. The molecule has 8 heteroatoms. The van der Waals surface area contributed by atoms with Gasteiger partial charge in [0.05, 0.1) is 0 Å². The molecule has 1 saturated carbocycles. The summed E-state index contributed by atoms with van der Waals surface area (Å²) in [5, 5.41) is 3.42. The van der Waals surface area contributed by atoms with Crippen LogP contribution >= 0.6 is 11.3 Å². The molecule has 0 bridgehead atoms. The van der Waals surface area contributed by atoms with Crippen molar-refractivity contribution >= 4 is 43.0 Å². The van der Waals surface area contributed by atoms with Crippen LogP contribution in [0.3, 0.4) is 0 Å². The zero-order valence-electron chi connectivity index (χ0n) is 13.5. The first-order valence-corrected chi connectivity index (χ1v) is 10.3. The van der Waals surface area contributed by atoms with E-state index < -0.39 is 15.8 Å². The van der Waals surface area contributed by atoms with Gasteiger partial charge in [0.1, 0.15) is 10.0 Å². The Balaban J connectivity index is 1.53. The summed E-state index contributed by atoms with van der Waals surface area (Å²) in [4.78, 5) is 12.0. The first-order valence-electron chi connectivity index (χ1n) is 8.03. The fourth-order valence-electron chi connectivity index (χ4n) is 2.51. The normalized spacial score (nSPS) is 14.3. The maximum absolute atomic E-state index is 13.3. The van der Waals surface area contributed by atoms with E-state index in [9.17, 15) is 17.6 Å². The summed E-state index contributed by atoms with van der Waals surface area (Å²) in [6.07, 6.45) is 2.01. The molecule has 0 spiro atoms. The van der Waals surface area contributed by atoms with Crippen molar-refractivity contribution in [3.05, 3.63) is 59.9 Å². The van der Waals surface area contributed by atoms with Crippen LogP contribution in [0.25, 0.3) is 10.1 Å². The van der Waals surface area contributed by atoms with Crippen molar-refractivity contribution in [3.8, 4) is 0 Å². The van der Waals surface area contributed by atoms with E-state index in [4.69, 9.17) is 0 Å². The van der Waals surface area contributed by atoms with Crippen LogP contribution in [-0.2, 0) is 10.0 Å². The summed E-state index contributed by atoms with van der Waals surface area (Å²) in [6, 6.07) is 12.1. The van der Waals surface area contributed by atoms with Crippen molar-refractivity contribution in [3.63, 3.8) is 0 Å². The topological polar surface area (TPSA) is 75.3 Å². The number of benzene rings is 2. The number of sulfonamides is 1. The van der Waals surface area contributed by atoms with Crippen molar-refractivity contribution in [2.24, 2.45) is 0 Å². The minimum atomic E-state index is -3.78. The summed E-state index contributed by atoms with van der Waals surface area (Å²) >= 11 is 1.07. The van der Waals surface area contributed by atoms with E-state index in [0.717, 1.165) is 24.2 Å². The molecular formula is C18H15FN2O3S2. The van der Waals surface area contributed by atoms with E-state index in [1.807, 2.05) is 0 Å². The highest BCUT2D eigenvalue weighted by molar-refractivity contribution is 7.94. The number of carbonyl (C=O) groups excluding carboxylic acids is 1. The Labute approximate surface area is 153 Å². The van der Waals surface area contributed by atoms with Crippen LogP contribution in [0.15, 0.2) is 52.7 Å². The minimum absolute atomic E-state index is 0.105. The smallest absolute Gasteiger partial charge is 0.271 e. The number of nitrogens with one attached hydrogen (secondary N) is 2. The van der Waals surface area contributed by atoms with Crippen molar-refractivity contribution in [2.75, 3.05) is 4.72 Å². The van der Waals surface area contributed by atoms with Crippen LogP contribution in [0.2, 0.25) is 0 Å². The van der Waals surface area contributed by atoms with Crippen molar-refractivity contribution in [1.82, 2.24) is 5.32 Å². The molecule has 3 aromatic rings. The van der Waals surface area contributed by atoms with Gasteiger partial charge in [0.15, 0.2) is 0 Å². The summed E-state index contributed by atoms with van der Waals surface area (Å²) in [7, 11) is -3.78. The highest BCUT2D eigenvalue weighted by Crippen LogP contribution is 2.30. The van der Waals surface area contributed by atoms with Gasteiger partial charge in [-0.1, -0.05) is 0 Å². The molecular weight excluding hydrogens is 375 g/mol. The average molecular weight is 390 g/mol. The predicted molar refractivity (Wildman–Crippen MR) is 99.5 cm³/mol. The molecule has 1 amide bonds. The first-order chi connectivity index (χ1) is 12.4. The molecule has 4 rings (SSSR count). The zero-order chi connectivity index (χ0) is 18.3. The molecule has 2 N–H and O–H groups in total. The maximum atomic E-state index is 13.3. The second-order valence-electron chi connectivity index (χ2n) is 6.18. The van der Waals surface area contributed by atoms with Crippen LogP contribution in [0.5, 0.6) is 0 Å². The van der Waals surface area contributed by atoms with Gasteiger partial charge in [0, 0.05) is 22.0 Å². The monoisotopic (exact) mass is 390 g/mol. The van der Waals surface area contributed by atoms with Crippen LogP contribution < -0.4 is 10.0 Å². The Morgan fingerprint density at radius 3 is 2.50 bits per heavy atom. The lowest BCUT2D eigenvalue weighted by Gasteiger charge is -2.07. The quantitative estimate of drug-likeness (QED) is 0.697. The standard InChI is InChI=1S/C18H15FN2O3S2/c19-13-3-8-16-12(9-13)10-17(25-16)26(23,24)21-15-4-1-11(2-5-15)18(22)20-14-6-7-14/h1-5,8-10,14,21H,6-7H2,(H,20,22). The van der Waals surface area contributed by atoms with E-state index in [2.05, 4.69) is 10.0 Å². The Morgan fingerprint density at radius 2 is 1.81 bits per heavy atom. The maximum Gasteiger partial charge on any atom is 0.271 e. The number of anilines is 1. The molecule has 0 atom stereocenters. The Kier molecular flexibility index (Phi) is 4.16. The number of hydrogen-bond donors (Lipinski definition) is 2. The molecule has 1 aromatic heterocycles. The lowest BCUT2D eigenvalue weighted by atomic mass is 10.2. The van der Waals surface area contributed by atoms with Gasteiger partial charge in [-0.05, 0) is 66.8 Å². The highest BCUT2D eigenvalue weighted by atomic mass is 32.2. The number of amides is 1. The van der Waals surface area contributed by atoms with Crippen molar-refractivity contribution in [1.29, 1.82) is 0 Å². The summed E-state index contributed by atoms with van der Waals surface area (Å²) < 4.78 is 41.7. The summed E-state index contributed by atoms with van der Waals surface area (Å²) in [5.41, 5.74) is 0.841. The van der Waals surface area contributed by atoms with Gasteiger partial charge in [-0.3, -0.25) is 9.52 Å². The van der Waals surface area contributed by atoms with Crippen LogP contribution in [0, 0.1) is 5.82 Å². The second-order valence-corrected chi connectivity index (χ2v) is 9.17. The molecule has 1 fully saturated rings. The number of fused-ring (bicyclic) bond motifs is 1. The Morgan fingerprint density at radius 1 is 1.08 bits per heavy atom. The van der Waals surface area contributed by atoms with Gasteiger partial charge in [-0.25, -0.2) is 12.8 Å². The van der Waals surface area contributed by atoms with E-state index >= 15 is 0 Å². The van der Waals surface area contributed by atoms with Gasteiger partial charge >= 0.3 is 0 Å². The largest absolute Gasteiger partial charge is 0.349 e. The third kappa shape index (κ3) is 3.56. The summed E-state index contributed by atoms with van der Waals surface area (Å²) in [5.74, 6) is -0.569. The van der Waals surface area contributed by atoms with Gasteiger partial charge in [0.25, 0.3) is 15.9 Å². The zero-order valence-corrected chi connectivity index (χ0v) is 15.2. The van der Waals surface area contributed by atoms with E-state index in [1.54, 1.807) is 30.3 Å². The lowest BCUT2D eigenvalue weighted by Crippen LogP contribution is -2.25. The van der Waals surface area contributed by atoms with Gasteiger partial charge in [0.2, 0.25) is 0 Å². The summed E-state index contributed by atoms with van der Waals surface area (Å²) in [6.45, 7) is 0. The van der Waals surface area contributed by atoms with Crippen molar-refractivity contribution < 1.29 is 17.6 Å². The molecule has 1 heterocycles. The fourth-order valence-corrected chi connectivity index (χ4v) is 4.95. The van der Waals surface area contributed by atoms with E-state index in [0.29, 0.717) is 21.3 Å². The van der Waals surface area contributed by atoms with Crippen LogP contribution in [0.4, 0.5) is 10.1 Å². The highest BCUT2D eigenvalue weighted by Gasteiger charge is 2.24. The Hall–Kier alpha value is -2.45. The fraction of sp³-hybridized carbons (Fsp3) is 0.167. The molecule has 0 aliphatic heterocycles. The third-order valence-corrected chi connectivity index (χ3v) is 7.00. The molecule has 2 aromatic carbocycles. The molecule has 1 aliphatic carbocycles. The lowest BCUT2D eigenvalue weighted by molar-refractivity contribution is 0.0951. The molecule has 5 nitrogen and oxygen atoms in total. The van der Waals surface area contributed by atoms with Crippen LogP contribution in [0.1, 0.15) is 23.2 Å². The predicted octanol–water partition coefficient (Wildman–Crippen LogP) is 3.73. The van der Waals surface area contributed by atoms with Gasteiger partial charge in [-0.15, -0.1) is 11.3 Å². The second kappa shape index (κ2) is 6.37. The Bertz CT molecular complexity index is 1090. The molecule has 0 radical (unpaired) electrons. The van der Waals surface area contributed by atoms with E-state index in [-0.39, 0.29) is 16.2 Å². The number of carbonyl (C=O) groups is 1. The van der Waals surface area contributed by atoms with Crippen molar-refractivity contribution in [2.45, 2.75) is 23.1 Å². The molecule has 1 aliphatic rings. The minimum Gasteiger partial charge on any atom is -0.349 e. The SMILES string of the molecule is O=C(NC1CC1)c1ccc(NS(=O)(=O)c2cc3cc(F)ccc3s2)cc1. The molecule has 0 unspecified atom stereocenters. The molecule has 0 saturated heterocycles. The van der Waals surface area contributed by atoms with Crippen LogP contribution in [-0.4, -0.2) is 20.4 Å².